The highest BCUT2D eigenvalue weighted by Gasteiger charge is 2.21. The molecule has 1 amide bonds. The van der Waals surface area contributed by atoms with E-state index in [1.807, 2.05) is 0 Å². The minimum atomic E-state index is -0.617. The predicted molar refractivity (Wildman–Crippen MR) is 83.6 cm³/mol. The van der Waals surface area contributed by atoms with Gasteiger partial charge in [0.15, 0.2) is 5.69 Å². The second-order valence-corrected chi connectivity index (χ2v) is 5.24. The van der Waals surface area contributed by atoms with Crippen molar-refractivity contribution in [1.29, 1.82) is 0 Å². The van der Waals surface area contributed by atoms with Crippen molar-refractivity contribution in [3.05, 3.63) is 52.3 Å². The Bertz CT molecular complexity index is 685. The first-order chi connectivity index (χ1) is 10.6. The van der Waals surface area contributed by atoms with Crippen LogP contribution in [0, 0.1) is 11.6 Å². The van der Waals surface area contributed by atoms with E-state index in [0.29, 0.717) is 24.2 Å². The Morgan fingerprint density at radius 3 is 2.74 bits per heavy atom. The lowest BCUT2D eigenvalue weighted by Gasteiger charge is -2.12. The molecule has 2 aromatic rings. The molecule has 124 valence electrons. The van der Waals surface area contributed by atoms with Crippen LogP contribution in [0.1, 0.15) is 27.3 Å². The van der Waals surface area contributed by atoms with Gasteiger partial charge in [-0.1, -0.05) is 0 Å². The van der Waals surface area contributed by atoms with E-state index in [2.05, 4.69) is 20.8 Å². The molecule has 5 nitrogen and oxygen atoms in total. The first-order valence-corrected chi connectivity index (χ1v) is 7.13. The van der Waals surface area contributed by atoms with Gasteiger partial charge in [0.05, 0.1) is 0 Å². The Labute approximate surface area is 138 Å². The Balaban J connectivity index is 0.00000192. The van der Waals surface area contributed by atoms with Gasteiger partial charge in [0.1, 0.15) is 11.6 Å². The lowest BCUT2D eigenvalue weighted by atomic mass is 10.1. The van der Waals surface area contributed by atoms with Crippen molar-refractivity contribution in [3.63, 3.8) is 0 Å². The van der Waals surface area contributed by atoms with Gasteiger partial charge in [0.25, 0.3) is 5.91 Å². The molecule has 0 bridgehead atoms. The summed E-state index contributed by atoms with van der Waals surface area (Å²) < 4.78 is 26.2. The highest BCUT2D eigenvalue weighted by Crippen LogP contribution is 2.15. The molecule has 0 fully saturated rings. The van der Waals surface area contributed by atoms with E-state index in [0.717, 1.165) is 30.3 Å². The summed E-state index contributed by atoms with van der Waals surface area (Å²) in [6.45, 7) is 1.77. The van der Waals surface area contributed by atoms with Crippen LogP contribution in [0.25, 0.3) is 0 Å². The number of amides is 1. The van der Waals surface area contributed by atoms with Gasteiger partial charge in [0, 0.05) is 43.4 Å². The van der Waals surface area contributed by atoms with Crippen LogP contribution in [0.2, 0.25) is 0 Å². The van der Waals surface area contributed by atoms with Crippen LogP contribution in [0.4, 0.5) is 8.78 Å². The number of H-pyrrole nitrogens is 1. The van der Waals surface area contributed by atoms with Crippen LogP contribution >= 0.6 is 12.4 Å². The van der Waals surface area contributed by atoms with E-state index in [4.69, 9.17) is 0 Å². The molecule has 8 heteroatoms. The second kappa shape index (κ2) is 7.52. The zero-order valence-electron chi connectivity index (χ0n) is 12.3. The maximum Gasteiger partial charge on any atom is 0.272 e. The third-order valence-corrected chi connectivity index (χ3v) is 3.64. The summed E-state index contributed by atoms with van der Waals surface area (Å²) in [6, 6.07) is 3.34. The summed E-state index contributed by atoms with van der Waals surface area (Å²) in [5.41, 5.74) is 2.76. The number of carbonyl (C=O) groups is 1. The quantitative estimate of drug-likeness (QED) is 0.792. The average Bonchev–Trinajstić information content (AvgIpc) is 2.90. The molecule has 0 radical (unpaired) electrons. The van der Waals surface area contributed by atoms with E-state index < -0.39 is 11.6 Å². The van der Waals surface area contributed by atoms with Crippen molar-refractivity contribution in [3.8, 4) is 0 Å². The SMILES string of the molecule is Cl.O=C(NCCc1cc(F)cc(F)c1)c1n[nH]c2c1CNCC2. The highest BCUT2D eigenvalue weighted by molar-refractivity contribution is 5.94. The van der Waals surface area contributed by atoms with E-state index in [1.165, 1.54) is 12.1 Å². The number of hydrogen-bond donors (Lipinski definition) is 3. The third kappa shape index (κ3) is 4.05. The molecular formula is C15H17ClF2N4O. The minimum Gasteiger partial charge on any atom is -0.350 e. The molecular weight excluding hydrogens is 326 g/mol. The van der Waals surface area contributed by atoms with Gasteiger partial charge < -0.3 is 10.6 Å². The Morgan fingerprint density at radius 1 is 1.26 bits per heavy atom. The molecule has 1 aromatic carbocycles. The number of nitrogens with one attached hydrogen (secondary N) is 3. The molecule has 0 saturated carbocycles. The highest BCUT2D eigenvalue weighted by atomic mass is 35.5. The van der Waals surface area contributed by atoms with Gasteiger partial charge >= 0.3 is 0 Å². The van der Waals surface area contributed by atoms with Gasteiger partial charge in [-0.25, -0.2) is 8.78 Å². The number of halogens is 3. The van der Waals surface area contributed by atoms with Gasteiger partial charge in [0.2, 0.25) is 0 Å². The Hall–Kier alpha value is -1.99. The van der Waals surface area contributed by atoms with Crippen molar-refractivity contribution < 1.29 is 13.6 Å². The van der Waals surface area contributed by atoms with Crippen molar-refractivity contribution >= 4 is 18.3 Å². The maximum atomic E-state index is 13.1. The molecule has 2 heterocycles. The van der Waals surface area contributed by atoms with Crippen molar-refractivity contribution in [1.82, 2.24) is 20.8 Å². The zero-order chi connectivity index (χ0) is 15.5. The zero-order valence-corrected chi connectivity index (χ0v) is 13.1. The maximum absolute atomic E-state index is 13.1. The molecule has 1 aromatic heterocycles. The fraction of sp³-hybridized carbons (Fsp3) is 0.333. The third-order valence-electron chi connectivity index (χ3n) is 3.64. The Kier molecular flexibility index (Phi) is 5.68. The van der Waals surface area contributed by atoms with Gasteiger partial charge in [-0.2, -0.15) is 5.10 Å². The summed E-state index contributed by atoms with van der Waals surface area (Å²) in [6.07, 6.45) is 1.17. The number of carbonyl (C=O) groups excluding carboxylic acids is 1. The van der Waals surface area contributed by atoms with Crippen molar-refractivity contribution in [2.75, 3.05) is 13.1 Å². The molecule has 0 aliphatic carbocycles. The number of rotatable bonds is 4. The fourth-order valence-corrected chi connectivity index (χ4v) is 2.57. The molecule has 0 unspecified atom stereocenters. The summed E-state index contributed by atoms with van der Waals surface area (Å²) in [4.78, 5) is 12.1. The monoisotopic (exact) mass is 342 g/mol. The van der Waals surface area contributed by atoms with Gasteiger partial charge in [-0.3, -0.25) is 9.89 Å². The summed E-state index contributed by atoms with van der Waals surface area (Å²) in [5, 5.41) is 12.9. The number of fused-ring (bicyclic) bond motifs is 1. The van der Waals surface area contributed by atoms with E-state index in [-0.39, 0.29) is 24.9 Å². The Morgan fingerprint density at radius 2 is 2.00 bits per heavy atom. The minimum absolute atomic E-state index is 0. The van der Waals surface area contributed by atoms with E-state index in [9.17, 15) is 13.6 Å². The second-order valence-electron chi connectivity index (χ2n) is 5.24. The lowest BCUT2D eigenvalue weighted by Crippen LogP contribution is -2.29. The molecule has 3 N–H and O–H groups in total. The van der Waals surface area contributed by atoms with Gasteiger partial charge in [-0.15, -0.1) is 12.4 Å². The first kappa shape index (κ1) is 17.4. The molecule has 0 saturated heterocycles. The fourth-order valence-electron chi connectivity index (χ4n) is 2.57. The van der Waals surface area contributed by atoms with Crippen LogP contribution in [-0.4, -0.2) is 29.2 Å². The van der Waals surface area contributed by atoms with Crippen molar-refractivity contribution in [2.45, 2.75) is 19.4 Å². The smallest absolute Gasteiger partial charge is 0.272 e. The van der Waals surface area contributed by atoms with Crippen LogP contribution in [0.15, 0.2) is 18.2 Å². The first-order valence-electron chi connectivity index (χ1n) is 7.13. The van der Waals surface area contributed by atoms with Crippen LogP contribution < -0.4 is 10.6 Å². The number of nitrogens with zero attached hydrogens (tertiary/aromatic N) is 1. The number of aromatic nitrogens is 2. The molecule has 1 aliphatic rings. The molecule has 1 aliphatic heterocycles. The van der Waals surface area contributed by atoms with E-state index >= 15 is 0 Å². The standard InChI is InChI=1S/C15H16F2N4O.ClH/c16-10-5-9(6-11(17)7-10)1-4-19-15(22)14-12-8-18-3-2-13(12)20-21-14;/h5-7,18H,1-4,8H2,(H,19,22)(H,20,21);1H. The average molecular weight is 343 g/mol. The normalized spacial score (nSPS) is 13.1. The topological polar surface area (TPSA) is 69.8 Å². The number of aromatic amines is 1. The summed E-state index contributed by atoms with van der Waals surface area (Å²) >= 11 is 0. The largest absolute Gasteiger partial charge is 0.350 e. The molecule has 23 heavy (non-hydrogen) atoms. The van der Waals surface area contributed by atoms with Crippen LogP contribution in [-0.2, 0) is 19.4 Å². The lowest BCUT2D eigenvalue weighted by molar-refractivity contribution is 0.0948. The van der Waals surface area contributed by atoms with Gasteiger partial charge in [-0.05, 0) is 24.1 Å². The van der Waals surface area contributed by atoms with E-state index in [1.54, 1.807) is 0 Å². The van der Waals surface area contributed by atoms with Crippen LogP contribution in [0.3, 0.4) is 0 Å². The molecule has 0 atom stereocenters. The molecule has 3 rings (SSSR count). The summed E-state index contributed by atoms with van der Waals surface area (Å²) in [5.74, 6) is -1.51. The van der Waals surface area contributed by atoms with Crippen LogP contribution in [0.5, 0.6) is 0 Å². The number of benzene rings is 1. The van der Waals surface area contributed by atoms with Crippen molar-refractivity contribution in [2.24, 2.45) is 0 Å². The number of hydrogen-bond acceptors (Lipinski definition) is 3. The molecule has 0 spiro atoms. The summed E-state index contributed by atoms with van der Waals surface area (Å²) in [7, 11) is 0. The predicted octanol–water partition coefficient (Wildman–Crippen LogP) is 1.73.